The van der Waals surface area contributed by atoms with Gasteiger partial charge in [-0.15, -0.1) is 0 Å². The highest BCUT2D eigenvalue weighted by Gasteiger charge is 2.05. The predicted octanol–water partition coefficient (Wildman–Crippen LogP) is 3.35. The van der Waals surface area contributed by atoms with E-state index in [-0.39, 0.29) is 0 Å². The highest BCUT2D eigenvalue weighted by atomic mass is 31.1. The molecule has 1 aromatic carbocycles. The zero-order valence-electron chi connectivity index (χ0n) is 7.75. The molecule has 0 saturated heterocycles. The van der Waals surface area contributed by atoms with E-state index in [1.54, 1.807) is 0 Å². The molecule has 1 aromatic rings. The van der Waals surface area contributed by atoms with Crippen LogP contribution >= 0.6 is 8.69 Å². The molecule has 0 amide bonds. The minimum atomic E-state index is -0.713. The molecule has 13 heavy (non-hydrogen) atoms. The van der Waals surface area contributed by atoms with Crippen LogP contribution in [0.5, 0.6) is 5.75 Å². The Kier molecular flexibility index (Phi) is 4.48. The molecule has 0 fully saturated rings. The zero-order chi connectivity index (χ0) is 9.52. The van der Waals surface area contributed by atoms with Gasteiger partial charge in [0.2, 0.25) is 0 Å². The van der Waals surface area contributed by atoms with Crippen molar-refractivity contribution in [2.24, 2.45) is 0 Å². The van der Waals surface area contributed by atoms with Crippen molar-refractivity contribution < 1.29 is 9.09 Å². The van der Waals surface area contributed by atoms with Crippen molar-refractivity contribution in [3.63, 3.8) is 0 Å². The maximum Gasteiger partial charge on any atom is 0.542 e. The summed E-state index contributed by atoms with van der Waals surface area (Å²) in [6.45, 7) is 2.15. The Hall–Kier alpha value is -0.880. The van der Waals surface area contributed by atoms with Crippen LogP contribution in [0.15, 0.2) is 24.3 Å². The molecule has 0 aliphatic heterocycles. The average Bonchev–Trinajstić information content (AvgIpc) is 2.17. The molecule has 2 nitrogen and oxygen atoms in total. The highest BCUT2D eigenvalue weighted by Crippen LogP contribution is 2.22. The van der Waals surface area contributed by atoms with Crippen LogP contribution in [0.4, 0.5) is 0 Å². The van der Waals surface area contributed by atoms with Gasteiger partial charge in [0.1, 0.15) is 0 Å². The molecular formula is C10H14O2P+. The first-order valence-electron chi connectivity index (χ1n) is 4.50. The first-order valence-corrected chi connectivity index (χ1v) is 5.32. The second-order valence-corrected chi connectivity index (χ2v) is 3.27. The van der Waals surface area contributed by atoms with E-state index in [0.29, 0.717) is 0 Å². The molecule has 0 aliphatic rings. The van der Waals surface area contributed by atoms with Crippen molar-refractivity contribution in [1.82, 2.24) is 0 Å². The van der Waals surface area contributed by atoms with Crippen molar-refractivity contribution >= 4 is 8.69 Å². The predicted molar refractivity (Wildman–Crippen MR) is 54.7 cm³/mol. The van der Waals surface area contributed by atoms with Crippen LogP contribution in [-0.4, -0.2) is 0 Å². The normalized spacial score (nSPS) is 10.2. The monoisotopic (exact) mass is 197 g/mol. The summed E-state index contributed by atoms with van der Waals surface area (Å²) in [5.74, 6) is 0.754. The van der Waals surface area contributed by atoms with E-state index in [1.165, 1.54) is 0 Å². The smallest absolute Gasteiger partial charge is 0.256 e. The molecule has 0 saturated carbocycles. The SMILES string of the molecule is CCCCc1ccccc1O[PH+]=O. The number of hydrogen-bond donors (Lipinski definition) is 0. The molecule has 0 heterocycles. The number of unbranched alkanes of at least 4 members (excludes halogenated alkanes) is 1. The summed E-state index contributed by atoms with van der Waals surface area (Å²) in [4.78, 5) is 0. The summed E-state index contributed by atoms with van der Waals surface area (Å²) in [7, 11) is -0.713. The minimum absolute atomic E-state index is 0.713. The summed E-state index contributed by atoms with van der Waals surface area (Å²) in [6.07, 6.45) is 3.30. The molecule has 1 unspecified atom stereocenters. The van der Waals surface area contributed by atoms with Crippen molar-refractivity contribution in [1.29, 1.82) is 0 Å². The first-order chi connectivity index (χ1) is 6.38. The number of rotatable bonds is 5. The Balaban J connectivity index is 2.71. The van der Waals surface area contributed by atoms with Gasteiger partial charge < -0.3 is 0 Å². The molecule has 3 heteroatoms. The lowest BCUT2D eigenvalue weighted by atomic mass is 10.1. The van der Waals surface area contributed by atoms with Gasteiger partial charge in [0.25, 0.3) is 0 Å². The van der Waals surface area contributed by atoms with Crippen molar-refractivity contribution in [3.05, 3.63) is 29.8 Å². The van der Waals surface area contributed by atoms with Crippen molar-refractivity contribution in [3.8, 4) is 5.75 Å². The van der Waals surface area contributed by atoms with Crippen LogP contribution in [0.2, 0.25) is 0 Å². The summed E-state index contributed by atoms with van der Waals surface area (Å²) in [5.41, 5.74) is 1.15. The summed E-state index contributed by atoms with van der Waals surface area (Å²) < 4.78 is 15.3. The molecule has 0 aromatic heterocycles. The Morgan fingerprint density at radius 2 is 2.15 bits per heavy atom. The van der Waals surface area contributed by atoms with E-state index in [1.807, 2.05) is 24.3 Å². The van der Waals surface area contributed by atoms with Crippen LogP contribution in [0.3, 0.4) is 0 Å². The van der Waals surface area contributed by atoms with Crippen LogP contribution in [-0.2, 0) is 11.0 Å². The third-order valence-electron chi connectivity index (χ3n) is 1.92. The molecule has 0 aliphatic carbocycles. The fraction of sp³-hybridized carbons (Fsp3) is 0.400. The maximum absolute atomic E-state index is 10.3. The van der Waals surface area contributed by atoms with Crippen LogP contribution in [0.1, 0.15) is 25.3 Å². The van der Waals surface area contributed by atoms with Gasteiger partial charge in [-0.3, -0.25) is 4.52 Å². The highest BCUT2D eigenvalue weighted by molar-refractivity contribution is 7.17. The Bertz CT molecular complexity index is 273. The number of hydrogen-bond acceptors (Lipinski definition) is 2. The van der Waals surface area contributed by atoms with Crippen LogP contribution in [0, 0.1) is 0 Å². The number of aryl methyl sites for hydroxylation is 1. The van der Waals surface area contributed by atoms with Gasteiger partial charge in [-0.05, 0) is 23.5 Å². The lowest BCUT2D eigenvalue weighted by Gasteiger charge is -2.01. The number of para-hydroxylation sites is 1. The molecule has 0 spiro atoms. The van der Waals surface area contributed by atoms with Gasteiger partial charge in [0.05, 0.1) is 0 Å². The molecule has 1 rings (SSSR count). The quantitative estimate of drug-likeness (QED) is 0.676. The lowest BCUT2D eigenvalue weighted by molar-refractivity contribution is 0.521. The molecular weight excluding hydrogens is 183 g/mol. The van der Waals surface area contributed by atoms with E-state index >= 15 is 0 Å². The summed E-state index contributed by atoms with van der Waals surface area (Å²) in [5, 5.41) is 0. The van der Waals surface area contributed by atoms with Crippen LogP contribution in [0.25, 0.3) is 0 Å². The Morgan fingerprint density at radius 3 is 2.85 bits per heavy atom. The second-order valence-electron chi connectivity index (χ2n) is 2.90. The fourth-order valence-electron chi connectivity index (χ4n) is 1.22. The summed E-state index contributed by atoms with van der Waals surface area (Å²) in [6, 6.07) is 7.75. The minimum Gasteiger partial charge on any atom is -0.256 e. The van der Waals surface area contributed by atoms with Gasteiger partial charge in [-0.25, -0.2) is 0 Å². The van der Waals surface area contributed by atoms with Gasteiger partial charge in [-0.2, -0.15) is 0 Å². The molecule has 70 valence electrons. The maximum atomic E-state index is 10.3. The third-order valence-corrected chi connectivity index (χ3v) is 2.23. The van der Waals surface area contributed by atoms with E-state index in [4.69, 9.17) is 4.52 Å². The molecule has 0 N–H and O–H groups in total. The van der Waals surface area contributed by atoms with E-state index < -0.39 is 8.69 Å². The first kappa shape index (κ1) is 10.2. The van der Waals surface area contributed by atoms with Gasteiger partial charge in [-0.1, -0.05) is 31.5 Å². The molecule has 1 atom stereocenters. The van der Waals surface area contributed by atoms with Crippen molar-refractivity contribution in [2.75, 3.05) is 0 Å². The molecule has 0 radical (unpaired) electrons. The van der Waals surface area contributed by atoms with Crippen LogP contribution < -0.4 is 4.52 Å². The lowest BCUT2D eigenvalue weighted by Crippen LogP contribution is -1.88. The van der Waals surface area contributed by atoms with E-state index in [9.17, 15) is 4.57 Å². The van der Waals surface area contributed by atoms with E-state index in [0.717, 1.165) is 30.6 Å². The average molecular weight is 197 g/mol. The zero-order valence-corrected chi connectivity index (χ0v) is 8.75. The van der Waals surface area contributed by atoms with Gasteiger partial charge in [0, 0.05) is 5.56 Å². The number of benzene rings is 1. The Morgan fingerprint density at radius 1 is 1.38 bits per heavy atom. The largest absolute Gasteiger partial charge is 0.542 e. The third kappa shape index (κ3) is 3.16. The summed E-state index contributed by atoms with van der Waals surface area (Å²) >= 11 is 0. The fourth-order valence-corrected chi connectivity index (χ4v) is 1.51. The second kappa shape index (κ2) is 5.71. The Labute approximate surface area is 80.2 Å². The topological polar surface area (TPSA) is 26.3 Å². The van der Waals surface area contributed by atoms with Gasteiger partial charge >= 0.3 is 8.69 Å². The molecule has 0 bridgehead atoms. The van der Waals surface area contributed by atoms with Crippen molar-refractivity contribution in [2.45, 2.75) is 26.2 Å². The van der Waals surface area contributed by atoms with Gasteiger partial charge in [0.15, 0.2) is 5.75 Å². The van der Waals surface area contributed by atoms with E-state index in [2.05, 4.69) is 6.92 Å². The standard InChI is InChI=1S/C10H14O2P/c1-2-3-6-9-7-4-5-8-10(9)12-13-11/h4-5,7-8,13H,2-3,6H2,1H3/q+1.